The van der Waals surface area contributed by atoms with E-state index in [1.165, 1.54) is 4.90 Å². The van der Waals surface area contributed by atoms with E-state index in [0.717, 1.165) is 19.3 Å². The Bertz CT molecular complexity index is 358. The maximum Gasteiger partial charge on any atom is 0.317 e. The monoisotopic (exact) mass is 259 g/mol. The molecule has 0 bridgehead atoms. The predicted octanol–water partition coefficient (Wildman–Crippen LogP) is 1.31. The Kier molecular flexibility index (Phi) is 2.56. The molecule has 1 spiro atoms. The summed E-state index contributed by atoms with van der Waals surface area (Å²) in [6.07, 6.45) is 2.52. The number of hydrogen-bond acceptors (Lipinski definition) is 2. The maximum atomic E-state index is 13.0. The molecule has 0 aromatic rings. The minimum atomic E-state index is -2.60. The highest BCUT2D eigenvalue weighted by molar-refractivity contribution is 5.74. The minimum Gasteiger partial charge on any atom is -0.335 e. The maximum absolute atomic E-state index is 13.0. The average Bonchev–Trinajstić information content (AvgIpc) is 2.89. The number of urea groups is 1. The Morgan fingerprint density at radius 3 is 2.28 bits per heavy atom. The summed E-state index contributed by atoms with van der Waals surface area (Å²) in [5, 5.41) is 2.92. The number of piperidine rings is 1. The van der Waals surface area contributed by atoms with E-state index in [4.69, 9.17) is 5.73 Å². The Labute approximate surface area is 105 Å². The fraction of sp³-hybridized carbons (Fsp3) is 0.917. The van der Waals surface area contributed by atoms with E-state index in [0.29, 0.717) is 11.5 Å². The number of halogens is 2. The molecule has 4 nitrogen and oxygen atoms in total. The zero-order valence-electron chi connectivity index (χ0n) is 10.3. The molecule has 6 heteroatoms. The summed E-state index contributed by atoms with van der Waals surface area (Å²) in [4.78, 5) is 13.4. The van der Waals surface area contributed by atoms with Crippen molar-refractivity contribution >= 4 is 6.03 Å². The van der Waals surface area contributed by atoms with Crippen LogP contribution in [0, 0.1) is 5.41 Å². The van der Waals surface area contributed by atoms with E-state index >= 15 is 0 Å². The minimum absolute atomic E-state index is 0.149. The molecule has 3 fully saturated rings. The van der Waals surface area contributed by atoms with Gasteiger partial charge in [-0.1, -0.05) is 0 Å². The predicted molar refractivity (Wildman–Crippen MR) is 62.3 cm³/mol. The second-order valence-electron chi connectivity index (χ2n) is 6.07. The number of alkyl halides is 2. The molecular formula is C12H19F2N3O. The molecule has 1 atom stereocenters. The normalized spacial score (nSPS) is 41.4. The molecule has 2 amide bonds. The number of likely N-dealkylation sites (tertiary alicyclic amines) is 1. The lowest BCUT2D eigenvalue weighted by atomic mass is 9.76. The lowest BCUT2D eigenvalue weighted by molar-refractivity contribution is -0.0473. The molecule has 0 aromatic carbocycles. The molecule has 3 rings (SSSR count). The Morgan fingerprint density at radius 2 is 1.78 bits per heavy atom. The van der Waals surface area contributed by atoms with E-state index < -0.39 is 5.92 Å². The van der Waals surface area contributed by atoms with Crippen molar-refractivity contribution < 1.29 is 13.6 Å². The first-order valence-electron chi connectivity index (χ1n) is 6.59. The molecule has 2 aliphatic carbocycles. The summed E-state index contributed by atoms with van der Waals surface area (Å²) < 4.78 is 25.9. The third-order valence-electron chi connectivity index (χ3n) is 4.67. The van der Waals surface area contributed by atoms with Gasteiger partial charge in [-0.3, -0.25) is 0 Å². The van der Waals surface area contributed by atoms with Crippen LogP contribution >= 0.6 is 0 Å². The van der Waals surface area contributed by atoms with Crippen LogP contribution in [0.3, 0.4) is 0 Å². The second kappa shape index (κ2) is 3.79. The summed E-state index contributed by atoms with van der Waals surface area (Å²) >= 11 is 0. The third kappa shape index (κ3) is 2.06. The van der Waals surface area contributed by atoms with Crippen molar-refractivity contribution in [3.8, 4) is 0 Å². The zero-order chi connectivity index (χ0) is 13.0. The first-order valence-corrected chi connectivity index (χ1v) is 6.59. The Hall–Kier alpha value is -0.910. The van der Waals surface area contributed by atoms with Crippen LogP contribution in [0.4, 0.5) is 13.6 Å². The van der Waals surface area contributed by atoms with E-state index in [9.17, 15) is 13.6 Å². The first-order chi connectivity index (χ1) is 8.40. The smallest absolute Gasteiger partial charge is 0.317 e. The fourth-order valence-electron chi connectivity index (χ4n) is 3.18. The largest absolute Gasteiger partial charge is 0.335 e. The molecule has 0 radical (unpaired) electrons. The van der Waals surface area contributed by atoms with Crippen molar-refractivity contribution in [2.24, 2.45) is 11.1 Å². The van der Waals surface area contributed by atoms with Gasteiger partial charge in [0.2, 0.25) is 0 Å². The molecule has 0 aromatic heterocycles. The molecule has 1 unspecified atom stereocenters. The number of amides is 2. The molecule has 3 N–H and O–H groups in total. The van der Waals surface area contributed by atoms with E-state index in [1.54, 1.807) is 0 Å². The number of nitrogens with zero attached hydrogens (tertiary/aromatic N) is 1. The highest BCUT2D eigenvalue weighted by Crippen LogP contribution is 2.59. The molecule has 3 aliphatic rings. The molecule has 1 saturated heterocycles. The van der Waals surface area contributed by atoms with Gasteiger partial charge < -0.3 is 16.0 Å². The third-order valence-corrected chi connectivity index (χ3v) is 4.67. The average molecular weight is 259 g/mol. The summed E-state index contributed by atoms with van der Waals surface area (Å²) in [5.74, 6) is -2.60. The van der Waals surface area contributed by atoms with Gasteiger partial charge in [-0.05, 0) is 24.7 Å². The van der Waals surface area contributed by atoms with Crippen molar-refractivity contribution in [2.45, 2.75) is 50.1 Å². The SMILES string of the molecule is NC1CC12CC(NC(=O)N1CCC(F)(F)CC1)C2. The van der Waals surface area contributed by atoms with Crippen LogP contribution in [0.25, 0.3) is 0 Å². The second-order valence-corrected chi connectivity index (χ2v) is 6.07. The van der Waals surface area contributed by atoms with Gasteiger partial charge in [-0.25, -0.2) is 13.6 Å². The topological polar surface area (TPSA) is 58.4 Å². The number of carbonyl (C=O) groups excluding carboxylic acids is 1. The standard InChI is InChI=1S/C12H19F2N3O/c13-12(14)1-3-17(4-2-12)10(18)16-8-5-11(6-8)7-9(11)15/h8-9H,1-7,15H2,(H,16,18). The summed E-state index contributed by atoms with van der Waals surface area (Å²) in [7, 11) is 0. The van der Waals surface area contributed by atoms with Crippen LogP contribution in [-0.4, -0.2) is 42.0 Å². The van der Waals surface area contributed by atoms with Crippen molar-refractivity contribution in [1.29, 1.82) is 0 Å². The summed E-state index contributed by atoms with van der Waals surface area (Å²) in [6.45, 7) is 0.298. The van der Waals surface area contributed by atoms with Crippen molar-refractivity contribution in [3.63, 3.8) is 0 Å². The van der Waals surface area contributed by atoms with Gasteiger partial charge in [0.25, 0.3) is 5.92 Å². The number of carbonyl (C=O) groups is 1. The number of hydrogen-bond donors (Lipinski definition) is 2. The molecule has 18 heavy (non-hydrogen) atoms. The fourth-order valence-corrected chi connectivity index (χ4v) is 3.18. The molecule has 1 heterocycles. The zero-order valence-corrected chi connectivity index (χ0v) is 10.3. The lowest BCUT2D eigenvalue weighted by Crippen LogP contribution is -2.54. The van der Waals surface area contributed by atoms with Crippen molar-refractivity contribution in [2.75, 3.05) is 13.1 Å². The van der Waals surface area contributed by atoms with Crippen LogP contribution < -0.4 is 11.1 Å². The van der Waals surface area contributed by atoms with Gasteiger partial charge in [0.05, 0.1) is 0 Å². The van der Waals surface area contributed by atoms with Crippen molar-refractivity contribution in [3.05, 3.63) is 0 Å². The van der Waals surface area contributed by atoms with Crippen LogP contribution in [-0.2, 0) is 0 Å². The van der Waals surface area contributed by atoms with Crippen molar-refractivity contribution in [1.82, 2.24) is 10.2 Å². The Morgan fingerprint density at radius 1 is 1.22 bits per heavy atom. The first kappa shape index (κ1) is 12.1. The number of nitrogens with one attached hydrogen (secondary N) is 1. The highest BCUT2D eigenvalue weighted by Gasteiger charge is 2.60. The van der Waals surface area contributed by atoms with Crippen LogP contribution in [0.15, 0.2) is 0 Å². The summed E-state index contributed by atoms with van der Waals surface area (Å²) in [6, 6.07) is 0.299. The van der Waals surface area contributed by atoms with Crippen LogP contribution in [0.5, 0.6) is 0 Å². The van der Waals surface area contributed by atoms with E-state index in [-0.39, 0.29) is 38.0 Å². The lowest BCUT2D eigenvalue weighted by Gasteiger charge is -2.39. The van der Waals surface area contributed by atoms with Crippen LogP contribution in [0.1, 0.15) is 32.1 Å². The number of rotatable bonds is 1. The quantitative estimate of drug-likeness (QED) is 0.746. The van der Waals surface area contributed by atoms with Gasteiger partial charge in [-0.15, -0.1) is 0 Å². The van der Waals surface area contributed by atoms with E-state index in [1.807, 2.05) is 0 Å². The van der Waals surface area contributed by atoms with Gasteiger partial charge in [0, 0.05) is 38.0 Å². The highest BCUT2D eigenvalue weighted by atomic mass is 19.3. The molecule has 1 aliphatic heterocycles. The molecular weight excluding hydrogens is 240 g/mol. The van der Waals surface area contributed by atoms with Gasteiger partial charge in [0.15, 0.2) is 0 Å². The van der Waals surface area contributed by atoms with Gasteiger partial charge in [-0.2, -0.15) is 0 Å². The van der Waals surface area contributed by atoms with E-state index in [2.05, 4.69) is 5.32 Å². The Balaban J connectivity index is 1.43. The van der Waals surface area contributed by atoms with Gasteiger partial charge >= 0.3 is 6.03 Å². The summed E-state index contributed by atoms with van der Waals surface area (Å²) in [5.41, 5.74) is 6.12. The molecule has 102 valence electrons. The molecule has 2 saturated carbocycles. The van der Waals surface area contributed by atoms with Gasteiger partial charge in [0.1, 0.15) is 0 Å². The van der Waals surface area contributed by atoms with Crippen LogP contribution in [0.2, 0.25) is 0 Å². The number of nitrogens with two attached hydrogens (primary N) is 1.